The van der Waals surface area contributed by atoms with Crippen LogP contribution in [0, 0.1) is 0 Å². The van der Waals surface area contributed by atoms with Gasteiger partial charge in [-0.2, -0.15) is 0 Å². The fraction of sp³-hybridized carbons (Fsp3) is 0.750. The van der Waals surface area contributed by atoms with Crippen LogP contribution in [-0.4, -0.2) is 44.2 Å². The molecule has 0 aliphatic carbocycles. The molecule has 7 nitrogen and oxygen atoms in total. The van der Waals surface area contributed by atoms with Crippen LogP contribution >= 0.6 is 11.8 Å². The van der Waals surface area contributed by atoms with E-state index in [1.54, 1.807) is 4.57 Å². The summed E-state index contributed by atoms with van der Waals surface area (Å²) in [5, 5.41) is 19.1. The first-order chi connectivity index (χ1) is 9.47. The molecule has 0 saturated heterocycles. The fourth-order valence-electron chi connectivity index (χ4n) is 1.75. The maximum Gasteiger partial charge on any atom is 0.344 e. The molecule has 0 saturated carbocycles. The van der Waals surface area contributed by atoms with Gasteiger partial charge in [-0.15, -0.1) is 5.10 Å². The summed E-state index contributed by atoms with van der Waals surface area (Å²) in [6, 6.07) is -0.530. The summed E-state index contributed by atoms with van der Waals surface area (Å²) < 4.78 is 1.57. The molecule has 0 fully saturated rings. The van der Waals surface area contributed by atoms with Crippen LogP contribution in [0.15, 0.2) is 9.95 Å². The molecule has 0 amide bonds. The molecular weight excluding hydrogens is 280 g/mol. The maximum atomic E-state index is 11.6. The second-order valence-electron chi connectivity index (χ2n) is 4.76. The number of thioether (sulfide) groups is 1. The average Bonchev–Trinajstić information content (AvgIpc) is 2.74. The van der Waals surface area contributed by atoms with Crippen LogP contribution in [0.4, 0.5) is 0 Å². The summed E-state index contributed by atoms with van der Waals surface area (Å²) in [4.78, 5) is 22.6. The van der Waals surface area contributed by atoms with Crippen LogP contribution in [0.2, 0.25) is 0 Å². The van der Waals surface area contributed by atoms with Crippen LogP contribution < -0.4 is 11.0 Å². The van der Waals surface area contributed by atoms with Gasteiger partial charge in [-0.05, 0) is 33.2 Å². The number of carboxylic acid groups (broad SMARTS) is 1. The number of nitrogens with one attached hydrogen (secondary N) is 2. The van der Waals surface area contributed by atoms with E-state index in [9.17, 15) is 9.59 Å². The molecule has 1 heterocycles. The van der Waals surface area contributed by atoms with E-state index in [2.05, 4.69) is 15.5 Å². The maximum absolute atomic E-state index is 11.6. The minimum absolute atomic E-state index is 0.0252. The standard InChI is InChI=1S/C12H22N4O3S/c1-4-6-13-9(10(17)18)5-7-20-12-15-14-11(19)16(12)8(2)3/h8-9,13H,4-7H2,1-3H3,(H,14,19)(H,17,18). The predicted molar refractivity (Wildman–Crippen MR) is 78.3 cm³/mol. The van der Waals surface area contributed by atoms with Gasteiger partial charge in [-0.25, -0.2) is 9.89 Å². The van der Waals surface area contributed by atoms with Gasteiger partial charge in [0.2, 0.25) is 0 Å². The summed E-state index contributed by atoms with van der Waals surface area (Å²) in [5.41, 5.74) is -0.235. The fourth-order valence-corrected chi connectivity index (χ4v) is 2.83. The van der Waals surface area contributed by atoms with Gasteiger partial charge in [0.15, 0.2) is 5.16 Å². The van der Waals surface area contributed by atoms with Gasteiger partial charge in [-0.3, -0.25) is 9.36 Å². The van der Waals surface area contributed by atoms with E-state index in [-0.39, 0.29) is 11.7 Å². The first-order valence-corrected chi connectivity index (χ1v) is 7.71. The number of H-pyrrole nitrogens is 1. The van der Waals surface area contributed by atoms with Gasteiger partial charge in [0, 0.05) is 11.8 Å². The van der Waals surface area contributed by atoms with Crippen molar-refractivity contribution in [1.82, 2.24) is 20.1 Å². The number of rotatable bonds is 9. The SMILES string of the molecule is CCCNC(CCSc1n[nH]c(=O)n1C(C)C)C(=O)O. The van der Waals surface area contributed by atoms with Crippen molar-refractivity contribution in [3.8, 4) is 0 Å². The number of aliphatic carboxylic acids is 1. The third kappa shape index (κ3) is 4.68. The second kappa shape index (κ2) is 8.11. The molecule has 20 heavy (non-hydrogen) atoms. The largest absolute Gasteiger partial charge is 0.480 e. The Bertz CT molecular complexity index is 483. The van der Waals surface area contributed by atoms with E-state index in [4.69, 9.17) is 5.11 Å². The highest BCUT2D eigenvalue weighted by atomic mass is 32.2. The quantitative estimate of drug-likeness (QED) is 0.590. The minimum atomic E-state index is -0.845. The van der Waals surface area contributed by atoms with Crippen LogP contribution in [-0.2, 0) is 4.79 Å². The number of aromatic nitrogens is 3. The van der Waals surface area contributed by atoms with Crippen molar-refractivity contribution in [2.24, 2.45) is 0 Å². The molecule has 1 unspecified atom stereocenters. The zero-order chi connectivity index (χ0) is 15.1. The molecule has 1 atom stereocenters. The van der Waals surface area contributed by atoms with E-state index in [1.165, 1.54) is 11.8 Å². The van der Waals surface area contributed by atoms with E-state index in [0.29, 0.717) is 23.9 Å². The Morgan fingerprint density at radius 1 is 1.55 bits per heavy atom. The van der Waals surface area contributed by atoms with E-state index >= 15 is 0 Å². The van der Waals surface area contributed by atoms with Gasteiger partial charge < -0.3 is 10.4 Å². The number of carbonyl (C=O) groups is 1. The van der Waals surface area contributed by atoms with Crippen molar-refractivity contribution in [1.29, 1.82) is 0 Å². The van der Waals surface area contributed by atoms with Gasteiger partial charge in [0.05, 0.1) is 0 Å². The summed E-state index contributed by atoms with van der Waals surface area (Å²) >= 11 is 1.39. The van der Waals surface area contributed by atoms with E-state index < -0.39 is 12.0 Å². The van der Waals surface area contributed by atoms with Crippen molar-refractivity contribution < 1.29 is 9.90 Å². The topological polar surface area (TPSA) is 100 Å². The van der Waals surface area contributed by atoms with E-state index in [0.717, 1.165) is 6.42 Å². The van der Waals surface area contributed by atoms with Gasteiger partial charge in [-0.1, -0.05) is 18.7 Å². The Balaban J connectivity index is 2.54. The molecule has 0 spiro atoms. The van der Waals surface area contributed by atoms with Crippen molar-refractivity contribution in [2.45, 2.75) is 50.9 Å². The van der Waals surface area contributed by atoms with Crippen molar-refractivity contribution in [3.63, 3.8) is 0 Å². The highest BCUT2D eigenvalue weighted by Gasteiger charge is 2.17. The summed E-state index contributed by atoms with van der Waals surface area (Å²) in [6.07, 6.45) is 1.38. The third-order valence-electron chi connectivity index (χ3n) is 2.76. The predicted octanol–water partition coefficient (Wildman–Crippen LogP) is 1.09. The van der Waals surface area contributed by atoms with Crippen LogP contribution in [0.25, 0.3) is 0 Å². The van der Waals surface area contributed by atoms with Crippen LogP contribution in [0.5, 0.6) is 0 Å². The Morgan fingerprint density at radius 2 is 2.25 bits per heavy atom. The molecule has 0 aliphatic heterocycles. The van der Waals surface area contributed by atoms with Crippen LogP contribution in [0.3, 0.4) is 0 Å². The molecule has 8 heteroatoms. The Hall–Kier alpha value is -1.28. The lowest BCUT2D eigenvalue weighted by molar-refractivity contribution is -0.139. The first-order valence-electron chi connectivity index (χ1n) is 6.73. The number of aromatic amines is 1. The molecule has 1 rings (SSSR count). The Labute approximate surface area is 122 Å². The zero-order valence-corrected chi connectivity index (χ0v) is 12.9. The molecule has 1 aromatic heterocycles. The molecular formula is C12H22N4O3S. The Morgan fingerprint density at radius 3 is 2.80 bits per heavy atom. The number of hydrogen-bond acceptors (Lipinski definition) is 5. The lowest BCUT2D eigenvalue weighted by Crippen LogP contribution is -2.37. The van der Waals surface area contributed by atoms with Gasteiger partial charge >= 0.3 is 11.7 Å². The number of carboxylic acids is 1. The lowest BCUT2D eigenvalue weighted by Gasteiger charge is -2.13. The molecule has 1 aromatic rings. The van der Waals surface area contributed by atoms with Crippen molar-refractivity contribution >= 4 is 17.7 Å². The van der Waals surface area contributed by atoms with Crippen LogP contribution in [0.1, 0.15) is 39.7 Å². The highest BCUT2D eigenvalue weighted by Crippen LogP contribution is 2.18. The lowest BCUT2D eigenvalue weighted by atomic mass is 10.2. The molecule has 0 aliphatic rings. The smallest absolute Gasteiger partial charge is 0.344 e. The summed E-state index contributed by atoms with van der Waals surface area (Å²) in [6.45, 7) is 6.49. The highest BCUT2D eigenvalue weighted by molar-refractivity contribution is 7.99. The zero-order valence-electron chi connectivity index (χ0n) is 12.0. The first kappa shape index (κ1) is 16.8. The number of nitrogens with zero attached hydrogens (tertiary/aromatic N) is 2. The van der Waals surface area contributed by atoms with Crippen molar-refractivity contribution in [2.75, 3.05) is 12.3 Å². The normalized spacial score (nSPS) is 12.8. The molecule has 0 bridgehead atoms. The summed E-state index contributed by atoms with van der Waals surface area (Å²) in [7, 11) is 0. The Kier molecular flexibility index (Phi) is 6.80. The monoisotopic (exact) mass is 302 g/mol. The van der Waals surface area contributed by atoms with E-state index in [1.807, 2.05) is 20.8 Å². The molecule has 0 radical (unpaired) electrons. The number of hydrogen-bond donors (Lipinski definition) is 3. The van der Waals surface area contributed by atoms with Gasteiger partial charge in [0.1, 0.15) is 6.04 Å². The second-order valence-corrected chi connectivity index (χ2v) is 5.82. The average molecular weight is 302 g/mol. The van der Waals surface area contributed by atoms with Crippen molar-refractivity contribution in [3.05, 3.63) is 10.5 Å². The molecule has 114 valence electrons. The molecule has 0 aromatic carbocycles. The summed E-state index contributed by atoms with van der Waals surface area (Å²) in [5.74, 6) is -0.257. The third-order valence-corrected chi connectivity index (χ3v) is 3.75. The minimum Gasteiger partial charge on any atom is -0.480 e. The molecule has 3 N–H and O–H groups in total. The van der Waals surface area contributed by atoms with Gasteiger partial charge in [0.25, 0.3) is 0 Å².